The van der Waals surface area contributed by atoms with E-state index in [0.29, 0.717) is 6.42 Å². The number of hydrogen-bond donors (Lipinski definition) is 1. The summed E-state index contributed by atoms with van der Waals surface area (Å²) in [5.74, 6) is -0.0308. The van der Waals surface area contributed by atoms with Gasteiger partial charge in [-0.1, -0.05) is 48.5 Å². The van der Waals surface area contributed by atoms with Crippen LogP contribution in [-0.4, -0.2) is 15.3 Å². The molecule has 4 heteroatoms. The average Bonchev–Trinajstić information content (AvgIpc) is 3.10. The maximum Gasteiger partial charge on any atom is 0.228 e. The van der Waals surface area contributed by atoms with Crippen molar-refractivity contribution in [1.29, 1.82) is 0 Å². The first-order valence-electron chi connectivity index (χ1n) is 9.00. The summed E-state index contributed by atoms with van der Waals surface area (Å²) in [6.07, 6.45) is 4.33. The predicted molar refractivity (Wildman–Crippen MR) is 109 cm³/mol. The fourth-order valence-electron chi connectivity index (χ4n) is 3.27. The van der Waals surface area contributed by atoms with Gasteiger partial charge in [-0.3, -0.25) is 4.79 Å². The van der Waals surface area contributed by atoms with Crippen LogP contribution in [0.3, 0.4) is 0 Å². The molecule has 0 atom stereocenters. The SMILES string of the molecule is Cc1ccccc1CC(=O)Nc1ccccc1-c1cn2cccc(C)c2n1. The molecule has 27 heavy (non-hydrogen) atoms. The molecule has 0 aliphatic carbocycles. The Kier molecular flexibility index (Phi) is 4.47. The lowest BCUT2D eigenvalue weighted by Crippen LogP contribution is -2.15. The van der Waals surface area contributed by atoms with E-state index in [1.807, 2.05) is 91.3 Å². The molecule has 1 amide bonds. The van der Waals surface area contributed by atoms with Gasteiger partial charge in [0.2, 0.25) is 5.91 Å². The van der Waals surface area contributed by atoms with Gasteiger partial charge in [0.05, 0.1) is 17.8 Å². The van der Waals surface area contributed by atoms with Gasteiger partial charge in [-0.2, -0.15) is 0 Å². The second-order valence-electron chi connectivity index (χ2n) is 6.75. The van der Waals surface area contributed by atoms with Crippen molar-refractivity contribution in [3.63, 3.8) is 0 Å². The Morgan fingerprint density at radius 2 is 1.70 bits per heavy atom. The highest BCUT2D eigenvalue weighted by molar-refractivity contribution is 5.96. The van der Waals surface area contributed by atoms with Gasteiger partial charge in [-0.15, -0.1) is 0 Å². The number of amides is 1. The van der Waals surface area contributed by atoms with E-state index in [-0.39, 0.29) is 5.91 Å². The van der Waals surface area contributed by atoms with Crippen LogP contribution in [-0.2, 0) is 11.2 Å². The summed E-state index contributed by atoms with van der Waals surface area (Å²) in [5.41, 5.74) is 6.73. The van der Waals surface area contributed by atoms with Crippen molar-refractivity contribution >= 4 is 17.2 Å². The first-order chi connectivity index (χ1) is 13.1. The smallest absolute Gasteiger partial charge is 0.228 e. The maximum absolute atomic E-state index is 12.6. The summed E-state index contributed by atoms with van der Waals surface area (Å²) in [5, 5.41) is 3.06. The number of rotatable bonds is 4. The van der Waals surface area contributed by atoms with E-state index in [2.05, 4.69) is 5.32 Å². The van der Waals surface area contributed by atoms with Crippen LogP contribution in [0.25, 0.3) is 16.9 Å². The van der Waals surface area contributed by atoms with E-state index in [1.54, 1.807) is 0 Å². The number of carbonyl (C=O) groups excluding carboxylic acids is 1. The minimum Gasteiger partial charge on any atom is -0.325 e. The average molecular weight is 355 g/mol. The topological polar surface area (TPSA) is 46.4 Å². The van der Waals surface area contributed by atoms with Crippen LogP contribution in [0.2, 0.25) is 0 Å². The van der Waals surface area contributed by atoms with Gasteiger partial charge >= 0.3 is 0 Å². The fraction of sp³-hybridized carbons (Fsp3) is 0.130. The van der Waals surface area contributed by atoms with E-state index < -0.39 is 0 Å². The highest BCUT2D eigenvalue weighted by atomic mass is 16.1. The van der Waals surface area contributed by atoms with Crippen molar-refractivity contribution in [3.8, 4) is 11.3 Å². The number of carbonyl (C=O) groups is 1. The Balaban J connectivity index is 1.64. The third kappa shape index (κ3) is 3.47. The van der Waals surface area contributed by atoms with Gasteiger partial charge < -0.3 is 9.72 Å². The number of anilines is 1. The summed E-state index contributed by atoms with van der Waals surface area (Å²) in [6, 6.07) is 19.8. The molecule has 2 aromatic heterocycles. The molecule has 4 nitrogen and oxygen atoms in total. The van der Waals surface area contributed by atoms with Crippen LogP contribution >= 0.6 is 0 Å². The van der Waals surface area contributed by atoms with E-state index >= 15 is 0 Å². The summed E-state index contributed by atoms with van der Waals surface area (Å²) in [4.78, 5) is 17.4. The number of nitrogens with one attached hydrogen (secondary N) is 1. The standard InChI is InChI=1S/C23H21N3O/c1-16-8-3-4-10-18(16)14-22(27)24-20-12-6-5-11-19(20)21-15-26-13-7-9-17(2)23(26)25-21/h3-13,15H,14H2,1-2H3,(H,24,27). The van der Waals surface area contributed by atoms with Gasteiger partial charge in [0.1, 0.15) is 5.65 Å². The molecule has 0 bridgehead atoms. The van der Waals surface area contributed by atoms with Crippen molar-refractivity contribution < 1.29 is 4.79 Å². The lowest BCUT2D eigenvalue weighted by molar-refractivity contribution is -0.115. The molecule has 0 radical (unpaired) electrons. The van der Waals surface area contributed by atoms with E-state index in [4.69, 9.17) is 4.98 Å². The van der Waals surface area contributed by atoms with Crippen LogP contribution < -0.4 is 5.32 Å². The largest absolute Gasteiger partial charge is 0.325 e. The van der Waals surface area contributed by atoms with Crippen molar-refractivity contribution in [1.82, 2.24) is 9.38 Å². The first-order valence-corrected chi connectivity index (χ1v) is 9.00. The highest BCUT2D eigenvalue weighted by Crippen LogP contribution is 2.28. The molecule has 1 N–H and O–H groups in total. The molecule has 0 saturated heterocycles. The zero-order valence-electron chi connectivity index (χ0n) is 15.4. The predicted octanol–water partition coefficient (Wildman–Crippen LogP) is 4.80. The number of nitrogens with zero attached hydrogens (tertiary/aromatic N) is 2. The molecule has 134 valence electrons. The molecule has 0 saturated carbocycles. The minimum atomic E-state index is -0.0308. The molecule has 0 unspecified atom stereocenters. The van der Waals surface area contributed by atoms with Gasteiger partial charge in [0.15, 0.2) is 0 Å². The third-order valence-electron chi connectivity index (χ3n) is 4.77. The lowest BCUT2D eigenvalue weighted by Gasteiger charge is -2.10. The molecular formula is C23H21N3O. The molecular weight excluding hydrogens is 334 g/mol. The summed E-state index contributed by atoms with van der Waals surface area (Å²) < 4.78 is 2.01. The Morgan fingerprint density at radius 1 is 0.963 bits per heavy atom. The van der Waals surface area contributed by atoms with Crippen LogP contribution in [0.1, 0.15) is 16.7 Å². The third-order valence-corrected chi connectivity index (χ3v) is 4.77. The Labute approximate surface area is 158 Å². The fourth-order valence-corrected chi connectivity index (χ4v) is 3.27. The summed E-state index contributed by atoms with van der Waals surface area (Å²) in [7, 11) is 0. The second kappa shape index (κ2) is 7.08. The van der Waals surface area contributed by atoms with E-state index in [0.717, 1.165) is 39.3 Å². The van der Waals surface area contributed by atoms with Gasteiger partial charge in [0, 0.05) is 18.0 Å². The molecule has 2 aromatic carbocycles. The highest BCUT2D eigenvalue weighted by Gasteiger charge is 2.13. The quantitative estimate of drug-likeness (QED) is 0.571. The van der Waals surface area contributed by atoms with E-state index in [1.165, 1.54) is 0 Å². The number of aromatic nitrogens is 2. The number of hydrogen-bond acceptors (Lipinski definition) is 2. The van der Waals surface area contributed by atoms with Crippen LogP contribution in [0.15, 0.2) is 73.1 Å². The van der Waals surface area contributed by atoms with Gasteiger partial charge in [0.25, 0.3) is 0 Å². The molecule has 2 heterocycles. The van der Waals surface area contributed by atoms with Crippen LogP contribution in [0.5, 0.6) is 0 Å². The number of benzene rings is 2. The second-order valence-corrected chi connectivity index (χ2v) is 6.75. The van der Waals surface area contributed by atoms with Crippen molar-refractivity contribution in [2.45, 2.75) is 20.3 Å². The maximum atomic E-state index is 12.6. The molecule has 0 aliphatic rings. The van der Waals surface area contributed by atoms with Crippen molar-refractivity contribution in [2.75, 3.05) is 5.32 Å². The number of imidazole rings is 1. The molecule has 4 rings (SSSR count). The first kappa shape index (κ1) is 17.0. The van der Waals surface area contributed by atoms with Crippen molar-refractivity contribution in [3.05, 3.63) is 89.7 Å². The number of para-hydroxylation sites is 1. The Bertz CT molecular complexity index is 1130. The van der Waals surface area contributed by atoms with Crippen molar-refractivity contribution in [2.24, 2.45) is 0 Å². The minimum absolute atomic E-state index is 0.0308. The number of pyridine rings is 1. The molecule has 4 aromatic rings. The monoisotopic (exact) mass is 355 g/mol. The number of aryl methyl sites for hydroxylation is 2. The molecule has 0 spiro atoms. The Morgan fingerprint density at radius 3 is 2.52 bits per heavy atom. The zero-order valence-corrected chi connectivity index (χ0v) is 15.4. The lowest BCUT2D eigenvalue weighted by atomic mass is 10.1. The van der Waals surface area contributed by atoms with Crippen LogP contribution in [0, 0.1) is 13.8 Å². The van der Waals surface area contributed by atoms with Gasteiger partial charge in [-0.25, -0.2) is 4.98 Å². The summed E-state index contributed by atoms with van der Waals surface area (Å²) in [6.45, 7) is 4.07. The normalized spacial score (nSPS) is 10.9. The Hall–Kier alpha value is -3.40. The molecule has 0 fully saturated rings. The zero-order chi connectivity index (χ0) is 18.8. The van der Waals surface area contributed by atoms with E-state index in [9.17, 15) is 4.79 Å². The molecule has 0 aliphatic heterocycles. The van der Waals surface area contributed by atoms with Crippen LogP contribution in [0.4, 0.5) is 5.69 Å². The number of fused-ring (bicyclic) bond motifs is 1. The summed E-state index contributed by atoms with van der Waals surface area (Å²) >= 11 is 0. The van der Waals surface area contributed by atoms with Gasteiger partial charge in [-0.05, 0) is 42.7 Å².